The highest BCUT2D eigenvalue weighted by molar-refractivity contribution is 4.65. The van der Waals surface area contributed by atoms with Gasteiger partial charge in [0.2, 0.25) is 0 Å². The van der Waals surface area contributed by atoms with Crippen molar-refractivity contribution in [2.24, 2.45) is 0 Å². The molecule has 0 aliphatic rings. The van der Waals surface area contributed by atoms with Crippen LogP contribution in [0.1, 0.15) is 12.8 Å². The molecule has 0 saturated carbocycles. The van der Waals surface area contributed by atoms with Crippen LogP contribution in [0.3, 0.4) is 0 Å². The van der Waals surface area contributed by atoms with Crippen molar-refractivity contribution in [2.45, 2.75) is 12.8 Å². The Balaban J connectivity index is 2.81. The van der Waals surface area contributed by atoms with Crippen molar-refractivity contribution in [2.75, 3.05) is 26.4 Å². The van der Waals surface area contributed by atoms with Crippen LogP contribution < -0.4 is 0 Å². The smallest absolute Gasteiger partial charge is 0.0704 e. The Hall–Kier alpha value is -0.600. The quantitative estimate of drug-likeness (QED) is 0.390. The van der Waals surface area contributed by atoms with Crippen LogP contribution in [0.15, 0.2) is 25.3 Å². The highest BCUT2D eigenvalue weighted by atomic mass is 16.5. The summed E-state index contributed by atoms with van der Waals surface area (Å²) in [5.41, 5.74) is 0. The first-order chi connectivity index (χ1) is 5.91. The molecular weight excluding hydrogens is 152 g/mol. The predicted octanol–water partition coefficient (Wildman–Crippen LogP) is 2.17. The first-order valence-corrected chi connectivity index (χ1v) is 4.29. The number of unbranched alkanes of at least 4 members (excludes halogenated alkanes) is 1. The monoisotopic (exact) mass is 170 g/mol. The van der Waals surface area contributed by atoms with Gasteiger partial charge in [0.05, 0.1) is 19.8 Å². The van der Waals surface area contributed by atoms with E-state index in [1.54, 1.807) is 6.08 Å². The van der Waals surface area contributed by atoms with E-state index in [0.29, 0.717) is 19.8 Å². The molecule has 0 saturated heterocycles. The SMILES string of the molecule is C=CCCCOCCOCC=C. The van der Waals surface area contributed by atoms with Crippen LogP contribution in [0.5, 0.6) is 0 Å². The van der Waals surface area contributed by atoms with E-state index in [4.69, 9.17) is 9.47 Å². The molecule has 2 nitrogen and oxygen atoms in total. The lowest BCUT2D eigenvalue weighted by Crippen LogP contribution is -2.04. The molecule has 0 amide bonds. The fraction of sp³-hybridized carbons (Fsp3) is 0.600. The summed E-state index contributed by atoms with van der Waals surface area (Å²) in [6.45, 7) is 9.90. The maximum absolute atomic E-state index is 5.28. The molecule has 0 aromatic heterocycles. The molecule has 0 rings (SSSR count). The topological polar surface area (TPSA) is 18.5 Å². The summed E-state index contributed by atoms with van der Waals surface area (Å²) in [7, 11) is 0. The largest absolute Gasteiger partial charge is 0.379 e. The van der Waals surface area contributed by atoms with Crippen molar-refractivity contribution >= 4 is 0 Å². The van der Waals surface area contributed by atoms with Gasteiger partial charge in [-0.15, -0.1) is 13.2 Å². The van der Waals surface area contributed by atoms with Crippen LogP contribution in [0.4, 0.5) is 0 Å². The lowest BCUT2D eigenvalue weighted by molar-refractivity contribution is 0.0577. The predicted molar refractivity (Wildman–Crippen MR) is 51.3 cm³/mol. The molecule has 0 bridgehead atoms. The minimum absolute atomic E-state index is 0.607. The standard InChI is InChI=1S/C10H18O2/c1-3-5-6-8-12-10-9-11-7-4-2/h3-4H,1-2,5-10H2. The zero-order valence-corrected chi connectivity index (χ0v) is 7.63. The molecule has 70 valence electrons. The molecule has 0 spiro atoms. The second-order valence-corrected chi connectivity index (χ2v) is 2.41. The summed E-state index contributed by atoms with van der Waals surface area (Å²) in [6.07, 6.45) is 5.70. The fourth-order valence-electron chi connectivity index (χ4n) is 0.716. The van der Waals surface area contributed by atoms with Crippen LogP contribution in [-0.4, -0.2) is 26.4 Å². The second kappa shape index (κ2) is 10.4. The van der Waals surface area contributed by atoms with Gasteiger partial charge in [0, 0.05) is 6.61 Å². The summed E-state index contributed by atoms with van der Waals surface area (Å²) in [6, 6.07) is 0. The van der Waals surface area contributed by atoms with Gasteiger partial charge in [0.1, 0.15) is 0 Å². The molecular formula is C10H18O2. The molecule has 0 aliphatic heterocycles. The van der Waals surface area contributed by atoms with Crippen molar-refractivity contribution in [1.29, 1.82) is 0 Å². The minimum Gasteiger partial charge on any atom is -0.379 e. The molecule has 0 aromatic carbocycles. The van der Waals surface area contributed by atoms with E-state index in [2.05, 4.69) is 13.2 Å². The number of hydrogen-bond acceptors (Lipinski definition) is 2. The van der Waals surface area contributed by atoms with Crippen LogP contribution >= 0.6 is 0 Å². The van der Waals surface area contributed by atoms with Crippen LogP contribution in [-0.2, 0) is 9.47 Å². The third-order valence-electron chi connectivity index (χ3n) is 1.30. The molecule has 2 heteroatoms. The Morgan fingerprint density at radius 1 is 0.917 bits per heavy atom. The Morgan fingerprint density at radius 2 is 1.67 bits per heavy atom. The Kier molecular flexibility index (Phi) is 9.88. The van der Waals surface area contributed by atoms with Crippen LogP contribution in [0.25, 0.3) is 0 Å². The lowest BCUT2D eigenvalue weighted by Gasteiger charge is -2.02. The van der Waals surface area contributed by atoms with E-state index in [9.17, 15) is 0 Å². The van der Waals surface area contributed by atoms with Crippen molar-refractivity contribution in [3.8, 4) is 0 Å². The maximum Gasteiger partial charge on any atom is 0.0704 e. The van der Waals surface area contributed by atoms with Gasteiger partial charge in [-0.05, 0) is 12.8 Å². The summed E-state index contributed by atoms with van der Waals surface area (Å²) in [5.74, 6) is 0. The molecule has 0 heterocycles. The number of rotatable bonds is 9. The third kappa shape index (κ3) is 9.40. The van der Waals surface area contributed by atoms with E-state index in [1.807, 2.05) is 6.08 Å². The number of hydrogen-bond donors (Lipinski definition) is 0. The van der Waals surface area contributed by atoms with E-state index < -0.39 is 0 Å². The zero-order chi connectivity index (χ0) is 9.07. The third-order valence-corrected chi connectivity index (χ3v) is 1.30. The number of ether oxygens (including phenoxy) is 2. The minimum atomic E-state index is 0.607. The van der Waals surface area contributed by atoms with Gasteiger partial charge in [-0.25, -0.2) is 0 Å². The number of allylic oxidation sites excluding steroid dienone is 1. The average molecular weight is 170 g/mol. The van der Waals surface area contributed by atoms with Crippen molar-refractivity contribution in [1.82, 2.24) is 0 Å². The summed E-state index contributed by atoms with van der Waals surface area (Å²) in [5, 5.41) is 0. The summed E-state index contributed by atoms with van der Waals surface area (Å²) >= 11 is 0. The van der Waals surface area contributed by atoms with Crippen LogP contribution in [0.2, 0.25) is 0 Å². The lowest BCUT2D eigenvalue weighted by atomic mass is 10.3. The highest BCUT2D eigenvalue weighted by Gasteiger charge is 1.87. The molecule has 0 atom stereocenters. The molecule has 12 heavy (non-hydrogen) atoms. The molecule has 0 aromatic rings. The Morgan fingerprint density at radius 3 is 2.33 bits per heavy atom. The normalized spacial score (nSPS) is 9.67. The first kappa shape index (κ1) is 11.4. The van der Waals surface area contributed by atoms with Gasteiger partial charge < -0.3 is 9.47 Å². The van der Waals surface area contributed by atoms with E-state index in [0.717, 1.165) is 19.4 Å². The van der Waals surface area contributed by atoms with Crippen molar-refractivity contribution in [3.05, 3.63) is 25.3 Å². The molecule has 0 N–H and O–H groups in total. The maximum atomic E-state index is 5.28. The van der Waals surface area contributed by atoms with Gasteiger partial charge >= 0.3 is 0 Å². The van der Waals surface area contributed by atoms with Gasteiger partial charge in [-0.2, -0.15) is 0 Å². The van der Waals surface area contributed by atoms with Crippen molar-refractivity contribution < 1.29 is 9.47 Å². The van der Waals surface area contributed by atoms with E-state index in [1.165, 1.54) is 0 Å². The average Bonchev–Trinajstić information content (AvgIpc) is 2.10. The highest BCUT2D eigenvalue weighted by Crippen LogP contribution is 1.89. The van der Waals surface area contributed by atoms with Gasteiger partial charge in [-0.1, -0.05) is 12.2 Å². The molecule has 0 fully saturated rings. The van der Waals surface area contributed by atoms with E-state index >= 15 is 0 Å². The Bertz CT molecular complexity index is 96.4. The van der Waals surface area contributed by atoms with Crippen LogP contribution in [0, 0.1) is 0 Å². The zero-order valence-electron chi connectivity index (χ0n) is 7.63. The molecule has 0 unspecified atom stereocenters. The fourth-order valence-corrected chi connectivity index (χ4v) is 0.716. The van der Waals surface area contributed by atoms with Crippen molar-refractivity contribution in [3.63, 3.8) is 0 Å². The summed E-state index contributed by atoms with van der Waals surface area (Å²) in [4.78, 5) is 0. The molecule has 0 radical (unpaired) electrons. The van der Waals surface area contributed by atoms with Gasteiger partial charge in [-0.3, -0.25) is 0 Å². The van der Waals surface area contributed by atoms with Gasteiger partial charge in [0.15, 0.2) is 0 Å². The Labute approximate surface area is 74.9 Å². The van der Waals surface area contributed by atoms with Gasteiger partial charge in [0.25, 0.3) is 0 Å². The first-order valence-electron chi connectivity index (χ1n) is 4.29. The summed E-state index contributed by atoms with van der Waals surface area (Å²) < 4.78 is 10.4. The second-order valence-electron chi connectivity index (χ2n) is 2.41. The van der Waals surface area contributed by atoms with E-state index in [-0.39, 0.29) is 0 Å². The molecule has 0 aliphatic carbocycles.